The molecule has 3 nitrogen and oxygen atoms in total. The van der Waals surface area contributed by atoms with Gasteiger partial charge in [0.05, 0.1) is 22.1 Å². The quantitative estimate of drug-likeness (QED) is 0.910. The zero-order valence-electron chi connectivity index (χ0n) is 10.2. The van der Waals surface area contributed by atoms with Crippen molar-refractivity contribution in [3.63, 3.8) is 0 Å². The van der Waals surface area contributed by atoms with Crippen LogP contribution in [-0.2, 0) is 10.8 Å². The Morgan fingerprint density at radius 3 is 2.72 bits per heavy atom. The molecule has 96 valence electrons. The number of anilines is 1. The third kappa shape index (κ3) is 2.39. The molecule has 0 amide bonds. The van der Waals surface area contributed by atoms with Crippen molar-refractivity contribution in [2.75, 3.05) is 18.1 Å². The molecule has 1 aliphatic carbocycles. The van der Waals surface area contributed by atoms with Crippen LogP contribution in [0.2, 0.25) is 0 Å². The number of hydrogen-bond acceptors (Lipinski definition) is 3. The Bertz CT molecular complexity index is 520. The molecule has 0 spiro atoms. The fraction of sp³-hybridized carbons (Fsp3) is 0.462. The van der Waals surface area contributed by atoms with Gasteiger partial charge in [0.1, 0.15) is 5.82 Å². The first-order chi connectivity index (χ1) is 8.57. The molecular formula is C13H15FN2OS. The first kappa shape index (κ1) is 13.0. The van der Waals surface area contributed by atoms with Crippen LogP contribution in [0.15, 0.2) is 18.2 Å². The van der Waals surface area contributed by atoms with E-state index in [-0.39, 0.29) is 4.75 Å². The van der Waals surface area contributed by atoms with Crippen LogP contribution in [0.25, 0.3) is 0 Å². The van der Waals surface area contributed by atoms with Crippen LogP contribution < -0.4 is 5.32 Å². The smallest absolute Gasteiger partial charge is 0.147 e. The molecule has 1 fully saturated rings. The molecule has 1 aliphatic rings. The largest absolute Gasteiger partial charge is 0.381 e. The highest BCUT2D eigenvalue weighted by atomic mass is 32.2. The van der Waals surface area contributed by atoms with Crippen LogP contribution in [0.3, 0.4) is 0 Å². The van der Waals surface area contributed by atoms with Gasteiger partial charge < -0.3 is 5.32 Å². The second-order valence-corrected chi connectivity index (χ2v) is 6.42. The topological polar surface area (TPSA) is 52.9 Å². The van der Waals surface area contributed by atoms with Crippen LogP contribution in [-0.4, -0.2) is 21.8 Å². The summed E-state index contributed by atoms with van der Waals surface area (Å²) in [6, 6.07) is 6.22. The summed E-state index contributed by atoms with van der Waals surface area (Å²) < 4.78 is 25.1. The highest BCUT2D eigenvalue weighted by Gasteiger charge is 2.40. The van der Waals surface area contributed by atoms with Gasteiger partial charge in [0.2, 0.25) is 0 Å². The second kappa shape index (κ2) is 5.07. The Morgan fingerprint density at radius 1 is 1.56 bits per heavy atom. The summed E-state index contributed by atoms with van der Waals surface area (Å²) in [5.74, 6) is -0.439. The van der Waals surface area contributed by atoms with E-state index in [1.165, 1.54) is 6.07 Å². The van der Waals surface area contributed by atoms with Crippen LogP contribution in [0.5, 0.6) is 0 Å². The van der Waals surface area contributed by atoms with E-state index < -0.39 is 16.6 Å². The van der Waals surface area contributed by atoms with E-state index in [9.17, 15) is 8.60 Å². The maximum atomic E-state index is 13.6. The van der Waals surface area contributed by atoms with Crippen LogP contribution in [0.4, 0.5) is 10.1 Å². The first-order valence-corrected chi connectivity index (χ1v) is 7.40. The summed E-state index contributed by atoms with van der Waals surface area (Å²) in [5, 5.41) is 11.7. The molecule has 0 bridgehead atoms. The lowest BCUT2D eigenvalue weighted by molar-refractivity contribution is 0.368. The van der Waals surface area contributed by atoms with E-state index in [0.29, 0.717) is 17.8 Å². The lowest BCUT2D eigenvalue weighted by Crippen LogP contribution is -2.47. The molecule has 2 rings (SSSR count). The summed E-state index contributed by atoms with van der Waals surface area (Å²) in [6.45, 7) is 0.513. The van der Waals surface area contributed by atoms with Crippen molar-refractivity contribution < 1.29 is 8.60 Å². The van der Waals surface area contributed by atoms with Gasteiger partial charge >= 0.3 is 0 Å². The lowest BCUT2D eigenvalue weighted by atomic mass is 9.84. The van der Waals surface area contributed by atoms with Crippen LogP contribution in [0, 0.1) is 17.1 Å². The van der Waals surface area contributed by atoms with Crippen molar-refractivity contribution in [1.29, 1.82) is 5.26 Å². The molecule has 1 N–H and O–H groups in total. The standard InChI is InChI=1S/C13H15FN2OS/c1-18(17)13(5-2-6-13)9-16-12-4-3-10(8-15)7-11(12)14/h3-4,7,16H,2,5-6,9H2,1H3. The molecule has 0 radical (unpaired) electrons. The molecular weight excluding hydrogens is 251 g/mol. The molecule has 0 saturated heterocycles. The Labute approximate surface area is 108 Å². The predicted molar refractivity (Wildman–Crippen MR) is 70.3 cm³/mol. The minimum Gasteiger partial charge on any atom is -0.381 e. The van der Waals surface area contributed by atoms with Crippen molar-refractivity contribution in [1.82, 2.24) is 0 Å². The van der Waals surface area contributed by atoms with E-state index in [1.54, 1.807) is 18.4 Å². The van der Waals surface area contributed by atoms with E-state index in [1.807, 2.05) is 6.07 Å². The molecule has 18 heavy (non-hydrogen) atoms. The zero-order chi connectivity index (χ0) is 13.2. The third-order valence-corrected chi connectivity index (χ3v) is 5.35. The van der Waals surface area contributed by atoms with Gasteiger partial charge in [-0.2, -0.15) is 5.26 Å². The molecule has 0 aromatic heterocycles. The Balaban J connectivity index is 2.07. The molecule has 0 heterocycles. The minimum atomic E-state index is -0.906. The van der Waals surface area contributed by atoms with Crippen LogP contribution >= 0.6 is 0 Å². The van der Waals surface area contributed by atoms with Gasteiger partial charge in [-0.05, 0) is 31.0 Å². The lowest BCUT2D eigenvalue weighted by Gasteiger charge is -2.40. The van der Waals surface area contributed by atoms with E-state index in [2.05, 4.69) is 5.32 Å². The van der Waals surface area contributed by atoms with Gasteiger partial charge in [-0.15, -0.1) is 0 Å². The highest BCUT2D eigenvalue weighted by molar-refractivity contribution is 7.85. The second-order valence-electron chi connectivity index (χ2n) is 4.65. The number of rotatable bonds is 4. The number of nitrogens with one attached hydrogen (secondary N) is 1. The van der Waals surface area contributed by atoms with E-state index in [4.69, 9.17) is 5.26 Å². The average Bonchev–Trinajstić information content (AvgIpc) is 2.28. The first-order valence-electron chi connectivity index (χ1n) is 5.84. The summed E-state index contributed by atoms with van der Waals surface area (Å²) in [4.78, 5) is 0. The number of benzene rings is 1. The highest BCUT2D eigenvalue weighted by Crippen LogP contribution is 2.37. The SMILES string of the molecule is CS(=O)C1(CNc2ccc(C#N)cc2F)CCC1. The van der Waals surface area contributed by atoms with E-state index >= 15 is 0 Å². The van der Waals surface area contributed by atoms with Crippen molar-refractivity contribution >= 4 is 16.5 Å². The summed E-state index contributed by atoms with van der Waals surface area (Å²) in [5.41, 5.74) is 0.668. The summed E-state index contributed by atoms with van der Waals surface area (Å²) in [6.07, 6.45) is 4.62. The van der Waals surface area contributed by atoms with Gasteiger partial charge in [-0.3, -0.25) is 4.21 Å². The van der Waals surface area contributed by atoms with Gasteiger partial charge in [-0.1, -0.05) is 6.42 Å². The molecule has 1 unspecified atom stereocenters. The molecule has 5 heteroatoms. The average molecular weight is 266 g/mol. The Kier molecular flexibility index (Phi) is 3.67. The molecule has 1 aromatic carbocycles. The van der Waals surface area contributed by atoms with Crippen molar-refractivity contribution in [3.05, 3.63) is 29.6 Å². The molecule has 1 atom stereocenters. The van der Waals surface area contributed by atoms with Gasteiger partial charge in [0, 0.05) is 23.6 Å². The third-order valence-electron chi connectivity index (χ3n) is 3.57. The van der Waals surface area contributed by atoms with E-state index in [0.717, 1.165) is 19.3 Å². The van der Waals surface area contributed by atoms with Gasteiger partial charge in [-0.25, -0.2) is 4.39 Å². The summed E-state index contributed by atoms with van der Waals surface area (Å²) in [7, 11) is -0.906. The number of halogens is 1. The number of nitriles is 1. The summed E-state index contributed by atoms with van der Waals surface area (Å²) >= 11 is 0. The fourth-order valence-electron chi connectivity index (χ4n) is 2.12. The Morgan fingerprint density at radius 2 is 2.28 bits per heavy atom. The zero-order valence-corrected chi connectivity index (χ0v) is 11.0. The van der Waals surface area contributed by atoms with Gasteiger partial charge in [0.25, 0.3) is 0 Å². The van der Waals surface area contributed by atoms with Crippen molar-refractivity contribution in [2.45, 2.75) is 24.0 Å². The number of hydrogen-bond donors (Lipinski definition) is 1. The maximum Gasteiger partial charge on any atom is 0.147 e. The van der Waals surface area contributed by atoms with Gasteiger partial charge in [0.15, 0.2) is 0 Å². The van der Waals surface area contributed by atoms with Crippen molar-refractivity contribution in [2.24, 2.45) is 0 Å². The number of nitrogens with zero attached hydrogens (tertiary/aromatic N) is 1. The fourth-order valence-corrected chi connectivity index (χ4v) is 3.26. The molecule has 1 aromatic rings. The molecule has 1 saturated carbocycles. The predicted octanol–water partition coefficient (Wildman–Crippen LogP) is 2.41. The Hall–Kier alpha value is -1.41. The van der Waals surface area contributed by atoms with Crippen LogP contribution in [0.1, 0.15) is 24.8 Å². The monoisotopic (exact) mass is 266 g/mol. The minimum absolute atomic E-state index is 0.208. The van der Waals surface area contributed by atoms with Crippen molar-refractivity contribution in [3.8, 4) is 6.07 Å². The maximum absolute atomic E-state index is 13.6. The molecule has 0 aliphatic heterocycles. The normalized spacial score (nSPS) is 18.5.